The monoisotopic (exact) mass is 468 g/mol. The van der Waals surface area contributed by atoms with E-state index in [1.54, 1.807) is 0 Å². The van der Waals surface area contributed by atoms with Gasteiger partial charge in [-0.05, 0) is 23.8 Å². The van der Waals surface area contributed by atoms with E-state index in [4.69, 9.17) is 0 Å². The van der Waals surface area contributed by atoms with E-state index < -0.39 is 78.9 Å². The summed E-state index contributed by atoms with van der Waals surface area (Å²) in [5, 5.41) is 0. The van der Waals surface area contributed by atoms with Crippen molar-refractivity contribution in [3.63, 3.8) is 0 Å². The van der Waals surface area contributed by atoms with Crippen molar-refractivity contribution in [3.8, 4) is 28.0 Å². The van der Waals surface area contributed by atoms with Crippen LogP contribution in [-0.4, -0.2) is 14.7 Å². The standard InChI is InChI=1S/C19H8F8O3S/c1-31(28,29)30-8-4-2-7(3-5-8)11-12(16(24)19(27)18(26)15(11)23)9-6-10(20)14(22)17(25)13(9)21/h2-6H,1H3. The number of hydrogen-bond acceptors (Lipinski definition) is 3. The maximum absolute atomic E-state index is 14.6. The molecule has 164 valence electrons. The van der Waals surface area contributed by atoms with Crippen molar-refractivity contribution in [3.05, 3.63) is 76.9 Å². The van der Waals surface area contributed by atoms with Crippen molar-refractivity contribution in [1.29, 1.82) is 0 Å². The Hall–Kier alpha value is -3.15. The first kappa shape index (κ1) is 22.5. The Kier molecular flexibility index (Phi) is 5.70. The van der Waals surface area contributed by atoms with Crippen LogP contribution in [-0.2, 0) is 10.1 Å². The van der Waals surface area contributed by atoms with Crippen LogP contribution < -0.4 is 4.18 Å². The predicted octanol–water partition coefficient (Wildman–Crippen LogP) is 5.47. The summed E-state index contributed by atoms with van der Waals surface area (Å²) < 4.78 is 138. The van der Waals surface area contributed by atoms with Gasteiger partial charge >= 0.3 is 10.1 Å². The topological polar surface area (TPSA) is 43.4 Å². The van der Waals surface area contributed by atoms with Gasteiger partial charge in [-0.15, -0.1) is 0 Å². The molecular formula is C19H8F8O3S. The third-order valence-electron chi connectivity index (χ3n) is 4.03. The van der Waals surface area contributed by atoms with E-state index in [0.717, 1.165) is 24.3 Å². The third-order valence-corrected chi connectivity index (χ3v) is 4.52. The quantitative estimate of drug-likeness (QED) is 0.221. The van der Waals surface area contributed by atoms with Gasteiger partial charge in [0.1, 0.15) is 5.75 Å². The first-order valence-electron chi connectivity index (χ1n) is 8.02. The molecule has 3 rings (SSSR count). The molecule has 0 aliphatic carbocycles. The van der Waals surface area contributed by atoms with Crippen LogP contribution >= 0.6 is 0 Å². The molecule has 0 unspecified atom stereocenters. The van der Waals surface area contributed by atoms with Crippen molar-refractivity contribution in [2.45, 2.75) is 0 Å². The number of benzene rings is 3. The minimum atomic E-state index is -3.96. The largest absolute Gasteiger partial charge is 0.383 e. The summed E-state index contributed by atoms with van der Waals surface area (Å²) in [7, 11) is -3.96. The van der Waals surface area contributed by atoms with Crippen LogP contribution in [0.25, 0.3) is 22.3 Å². The summed E-state index contributed by atoms with van der Waals surface area (Å²) >= 11 is 0. The maximum Gasteiger partial charge on any atom is 0.306 e. The van der Waals surface area contributed by atoms with Crippen molar-refractivity contribution in [2.24, 2.45) is 0 Å². The zero-order chi connectivity index (χ0) is 23.2. The fourth-order valence-corrected chi connectivity index (χ4v) is 3.22. The minimum Gasteiger partial charge on any atom is -0.383 e. The lowest BCUT2D eigenvalue weighted by molar-refractivity contribution is 0.405. The zero-order valence-corrected chi connectivity index (χ0v) is 15.9. The normalized spacial score (nSPS) is 11.6. The van der Waals surface area contributed by atoms with E-state index in [1.165, 1.54) is 0 Å². The molecule has 0 saturated heterocycles. The summed E-state index contributed by atoms with van der Waals surface area (Å²) in [5.74, 6) is -18.1. The Balaban J connectivity index is 2.35. The highest BCUT2D eigenvalue weighted by molar-refractivity contribution is 7.86. The number of halogens is 8. The molecule has 0 spiro atoms. The first-order chi connectivity index (χ1) is 14.3. The highest BCUT2D eigenvalue weighted by atomic mass is 32.2. The Morgan fingerprint density at radius 2 is 1.13 bits per heavy atom. The molecular weight excluding hydrogens is 460 g/mol. The molecule has 3 aromatic carbocycles. The fraction of sp³-hybridized carbons (Fsp3) is 0.0526. The molecule has 0 saturated carbocycles. The Labute approximate surface area is 169 Å². The lowest BCUT2D eigenvalue weighted by Gasteiger charge is -2.16. The van der Waals surface area contributed by atoms with Crippen LogP contribution in [0.2, 0.25) is 0 Å². The fourth-order valence-electron chi connectivity index (χ4n) is 2.76. The van der Waals surface area contributed by atoms with Crippen molar-refractivity contribution >= 4 is 10.1 Å². The van der Waals surface area contributed by atoms with Gasteiger partial charge in [-0.3, -0.25) is 0 Å². The molecule has 3 aromatic rings. The first-order valence-corrected chi connectivity index (χ1v) is 9.84. The molecule has 0 aliphatic heterocycles. The van der Waals surface area contributed by atoms with Crippen molar-refractivity contribution in [2.75, 3.05) is 6.26 Å². The predicted molar refractivity (Wildman–Crippen MR) is 92.4 cm³/mol. The summed E-state index contributed by atoms with van der Waals surface area (Å²) in [6.07, 6.45) is 0.712. The van der Waals surface area contributed by atoms with Gasteiger partial charge in [0.25, 0.3) is 0 Å². The van der Waals surface area contributed by atoms with Crippen LogP contribution in [0.1, 0.15) is 0 Å². The minimum absolute atomic E-state index is 0.0480. The second-order valence-corrected chi connectivity index (χ2v) is 7.74. The Morgan fingerprint density at radius 3 is 1.65 bits per heavy atom. The third kappa shape index (κ3) is 4.07. The van der Waals surface area contributed by atoms with E-state index in [9.17, 15) is 43.5 Å². The van der Waals surface area contributed by atoms with Gasteiger partial charge in [-0.25, -0.2) is 35.1 Å². The highest BCUT2D eigenvalue weighted by Gasteiger charge is 2.31. The molecule has 0 amide bonds. The summed E-state index contributed by atoms with van der Waals surface area (Å²) in [6, 6.07) is 3.52. The number of rotatable bonds is 4. The van der Waals surface area contributed by atoms with E-state index in [2.05, 4.69) is 4.18 Å². The van der Waals surface area contributed by atoms with Crippen LogP contribution in [0.3, 0.4) is 0 Å². The zero-order valence-electron chi connectivity index (χ0n) is 15.0. The van der Waals surface area contributed by atoms with Crippen molar-refractivity contribution in [1.82, 2.24) is 0 Å². The smallest absolute Gasteiger partial charge is 0.306 e. The summed E-state index contributed by atoms with van der Waals surface area (Å²) in [5.41, 5.74) is -4.48. The van der Waals surface area contributed by atoms with Crippen LogP contribution in [0.5, 0.6) is 5.75 Å². The van der Waals surface area contributed by atoms with Crippen LogP contribution in [0.15, 0.2) is 30.3 Å². The Morgan fingerprint density at radius 1 is 0.645 bits per heavy atom. The second-order valence-electron chi connectivity index (χ2n) is 6.17. The second kappa shape index (κ2) is 7.84. The Bertz CT molecular complexity index is 1310. The molecule has 0 N–H and O–H groups in total. The van der Waals surface area contributed by atoms with E-state index in [-0.39, 0.29) is 11.8 Å². The maximum atomic E-state index is 14.6. The van der Waals surface area contributed by atoms with E-state index in [1.807, 2.05) is 0 Å². The SMILES string of the molecule is CS(=O)(=O)Oc1ccc(-c2c(F)c(F)c(F)c(F)c2-c2cc(F)c(F)c(F)c2F)cc1. The molecule has 0 heterocycles. The molecule has 0 atom stereocenters. The van der Waals surface area contributed by atoms with E-state index in [0.29, 0.717) is 6.26 Å². The molecule has 0 aliphatic rings. The molecule has 0 bridgehead atoms. The lowest BCUT2D eigenvalue weighted by atomic mass is 9.92. The summed E-state index contributed by atoms with van der Waals surface area (Å²) in [4.78, 5) is 0. The molecule has 31 heavy (non-hydrogen) atoms. The van der Waals surface area contributed by atoms with Crippen LogP contribution in [0.4, 0.5) is 35.1 Å². The van der Waals surface area contributed by atoms with Gasteiger partial charge in [-0.1, -0.05) is 12.1 Å². The average molecular weight is 468 g/mol. The lowest BCUT2D eigenvalue weighted by Crippen LogP contribution is -2.07. The average Bonchev–Trinajstić information content (AvgIpc) is 2.70. The van der Waals surface area contributed by atoms with Gasteiger partial charge in [-0.2, -0.15) is 8.42 Å². The van der Waals surface area contributed by atoms with E-state index >= 15 is 0 Å². The van der Waals surface area contributed by atoms with Gasteiger partial charge in [0.05, 0.1) is 6.26 Å². The van der Waals surface area contributed by atoms with Gasteiger partial charge in [0.15, 0.2) is 46.5 Å². The van der Waals surface area contributed by atoms with Crippen LogP contribution in [0, 0.1) is 46.5 Å². The van der Waals surface area contributed by atoms with Gasteiger partial charge in [0.2, 0.25) is 0 Å². The highest BCUT2D eigenvalue weighted by Crippen LogP contribution is 2.41. The molecule has 0 aromatic heterocycles. The van der Waals surface area contributed by atoms with Gasteiger partial charge in [0, 0.05) is 16.7 Å². The van der Waals surface area contributed by atoms with Crippen molar-refractivity contribution < 1.29 is 47.7 Å². The van der Waals surface area contributed by atoms with Gasteiger partial charge < -0.3 is 4.18 Å². The molecule has 3 nitrogen and oxygen atoms in total. The molecule has 0 fully saturated rings. The molecule has 0 radical (unpaired) electrons. The summed E-state index contributed by atoms with van der Waals surface area (Å²) in [6.45, 7) is 0. The number of hydrogen-bond donors (Lipinski definition) is 0. The molecule has 12 heteroatoms.